The van der Waals surface area contributed by atoms with Crippen molar-refractivity contribution in [1.29, 1.82) is 0 Å². The fourth-order valence-electron chi connectivity index (χ4n) is 2.42. The van der Waals surface area contributed by atoms with E-state index in [0.29, 0.717) is 17.9 Å². The summed E-state index contributed by atoms with van der Waals surface area (Å²) in [5.41, 5.74) is 1.76. The summed E-state index contributed by atoms with van der Waals surface area (Å²) in [6, 6.07) is 8.94. The highest BCUT2D eigenvalue weighted by molar-refractivity contribution is 7.92. The molecule has 4 nitrogen and oxygen atoms in total. The Morgan fingerprint density at radius 1 is 1.18 bits per heavy atom. The van der Waals surface area contributed by atoms with Gasteiger partial charge in [0.1, 0.15) is 11.6 Å². The molecule has 0 saturated carbocycles. The molecule has 1 N–H and O–H groups in total. The highest BCUT2D eigenvalue weighted by atomic mass is 32.2. The quantitative estimate of drug-likeness (QED) is 0.944. The second-order valence-electron chi connectivity index (χ2n) is 5.29. The molecule has 1 heterocycles. The lowest BCUT2D eigenvalue weighted by atomic mass is 10.1. The summed E-state index contributed by atoms with van der Waals surface area (Å²) < 4.78 is 46.0. The maximum absolute atomic E-state index is 13.3. The number of sulfonamides is 1. The highest BCUT2D eigenvalue weighted by Crippen LogP contribution is 2.28. The molecule has 22 heavy (non-hydrogen) atoms. The second kappa shape index (κ2) is 5.61. The monoisotopic (exact) mass is 321 g/mol. The standard InChI is InChI=1S/C16H16FNO3S/c1-11-9-14(5-6-15(11)17)22(19,20)18-13-4-7-16-12(10-13)3-2-8-21-16/h4-7,9-10,18H,2-3,8H2,1H3. The summed E-state index contributed by atoms with van der Waals surface area (Å²) in [6.45, 7) is 2.22. The number of halogens is 1. The molecule has 0 aliphatic carbocycles. The van der Waals surface area contributed by atoms with Gasteiger partial charge in [0.15, 0.2) is 0 Å². The molecule has 2 aromatic carbocycles. The van der Waals surface area contributed by atoms with Crippen LogP contribution in [0, 0.1) is 12.7 Å². The molecule has 0 aromatic heterocycles. The number of hydrogen-bond donors (Lipinski definition) is 1. The smallest absolute Gasteiger partial charge is 0.261 e. The minimum atomic E-state index is -3.74. The van der Waals surface area contributed by atoms with E-state index < -0.39 is 15.8 Å². The molecule has 1 aliphatic heterocycles. The van der Waals surface area contributed by atoms with E-state index >= 15 is 0 Å². The van der Waals surface area contributed by atoms with Crippen LogP contribution in [-0.2, 0) is 16.4 Å². The summed E-state index contributed by atoms with van der Waals surface area (Å²) >= 11 is 0. The molecule has 0 unspecified atom stereocenters. The molecular formula is C16H16FNO3S. The van der Waals surface area contributed by atoms with Crippen molar-refractivity contribution in [3.8, 4) is 5.75 Å². The summed E-state index contributed by atoms with van der Waals surface area (Å²) in [4.78, 5) is 0.0420. The van der Waals surface area contributed by atoms with Crippen LogP contribution in [0.15, 0.2) is 41.3 Å². The van der Waals surface area contributed by atoms with E-state index in [1.54, 1.807) is 18.2 Å². The van der Waals surface area contributed by atoms with Crippen LogP contribution in [0.3, 0.4) is 0 Å². The van der Waals surface area contributed by atoms with E-state index in [4.69, 9.17) is 4.74 Å². The minimum absolute atomic E-state index is 0.0420. The molecule has 0 spiro atoms. The zero-order chi connectivity index (χ0) is 15.7. The van der Waals surface area contributed by atoms with Gasteiger partial charge in [0.2, 0.25) is 0 Å². The first kappa shape index (κ1) is 14.8. The largest absolute Gasteiger partial charge is 0.493 e. The van der Waals surface area contributed by atoms with Gasteiger partial charge in [0.25, 0.3) is 10.0 Å². The lowest BCUT2D eigenvalue weighted by Gasteiger charge is -2.18. The number of anilines is 1. The van der Waals surface area contributed by atoms with Crippen LogP contribution in [0.2, 0.25) is 0 Å². The SMILES string of the molecule is Cc1cc(S(=O)(=O)Nc2ccc3c(c2)CCCO3)ccc1F. The molecule has 0 radical (unpaired) electrons. The van der Waals surface area contributed by atoms with Crippen molar-refractivity contribution in [2.75, 3.05) is 11.3 Å². The predicted molar refractivity (Wildman–Crippen MR) is 82.2 cm³/mol. The number of hydrogen-bond acceptors (Lipinski definition) is 3. The van der Waals surface area contributed by atoms with Crippen molar-refractivity contribution < 1.29 is 17.5 Å². The first-order chi connectivity index (χ1) is 10.5. The van der Waals surface area contributed by atoms with Crippen LogP contribution in [0.25, 0.3) is 0 Å². The number of rotatable bonds is 3. The van der Waals surface area contributed by atoms with Gasteiger partial charge in [0.05, 0.1) is 11.5 Å². The van der Waals surface area contributed by atoms with E-state index in [1.165, 1.54) is 19.1 Å². The van der Waals surface area contributed by atoms with Gasteiger partial charge in [-0.1, -0.05) is 0 Å². The number of benzene rings is 2. The van der Waals surface area contributed by atoms with Crippen molar-refractivity contribution in [3.05, 3.63) is 53.3 Å². The topological polar surface area (TPSA) is 55.4 Å². The summed E-state index contributed by atoms with van der Waals surface area (Å²) in [5.74, 6) is 0.372. The van der Waals surface area contributed by atoms with Crippen LogP contribution in [0.1, 0.15) is 17.5 Å². The first-order valence-corrected chi connectivity index (χ1v) is 8.49. The molecule has 1 aliphatic rings. The van der Waals surface area contributed by atoms with E-state index in [-0.39, 0.29) is 4.90 Å². The molecule has 3 rings (SSSR count). The van der Waals surface area contributed by atoms with Gasteiger partial charge in [0, 0.05) is 5.69 Å². The van der Waals surface area contributed by atoms with Crippen LogP contribution >= 0.6 is 0 Å². The minimum Gasteiger partial charge on any atom is -0.493 e. The van der Waals surface area contributed by atoms with E-state index in [9.17, 15) is 12.8 Å². The fraction of sp³-hybridized carbons (Fsp3) is 0.250. The van der Waals surface area contributed by atoms with Gasteiger partial charge in [-0.25, -0.2) is 12.8 Å². The van der Waals surface area contributed by atoms with E-state index in [0.717, 1.165) is 30.2 Å². The van der Waals surface area contributed by atoms with Crippen molar-refractivity contribution in [3.63, 3.8) is 0 Å². The third kappa shape index (κ3) is 2.92. The molecule has 116 valence electrons. The molecule has 0 saturated heterocycles. The van der Waals surface area contributed by atoms with Crippen LogP contribution in [0.5, 0.6) is 5.75 Å². The van der Waals surface area contributed by atoms with Gasteiger partial charge < -0.3 is 4.74 Å². The lowest BCUT2D eigenvalue weighted by molar-refractivity contribution is 0.288. The average molecular weight is 321 g/mol. The van der Waals surface area contributed by atoms with Gasteiger partial charge in [-0.2, -0.15) is 0 Å². The Morgan fingerprint density at radius 3 is 2.77 bits per heavy atom. The Hall–Kier alpha value is -2.08. The lowest BCUT2D eigenvalue weighted by Crippen LogP contribution is -2.14. The number of ether oxygens (including phenoxy) is 1. The van der Waals surface area contributed by atoms with Gasteiger partial charge in [-0.05, 0) is 67.3 Å². The Balaban J connectivity index is 1.89. The Morgan fingerprint density at radius 2 is 2.00 bits per heavy atom. The van der Waals surface area contributed by atoms with Crippen LogP contribution < -0.4 is 9.46 Å². The van der Waals surface area contributed by atoms with E-state index in [1.807, 2.05) is 0 Å². The van der Waals surface area contributed by atoms with Gasteiger partial charge >= 0.3 is 0 Å². The van der Waals surface area contributed by atoms with Crippen LogP contribution in [-0.4, -0.2) is 15.0 Å². The molecule has 6 heteroatoms. The Bertz CT molecular complexity index is 818. The normalized spacial score (nSPS) is 14.1. The Labute approximate surface area is 129 Å². The maximum atomic E-state index is 13.3. The van der Waals surface area contributed by atoms with Crippen molar-refractivity contribution in [2.45, 2.75) is 24.7 Å². The van der Waals surface area contributed by atoms with Crippen LogP contribution in [0.4, 0.5) is 10.1 Å². The Kier molecular flexibility index (Phi) is 3.78. The van der Waals surface area contributed by atoms with Gasteiger partial charge in [-0.15, -0.1) is 0 Å². The highest BCUT2D eigenvalue weighted by Gasteiger charge is 2.17. The maximum Gasteiger partial charge on any atom is 0.261 e. The number of nitrogens with one attached hydrogen (secondary N) is 1. The predicted octanol–water partition coefficient (Wildman–Crippen LogP) is 3.26. The third-order valence-corrected chi connectivity index (χ3v) is 4.98. The second-order valence-corrected chi connectivity index (χ2v) is 6.97. The molecule has 0 amide bonds. The molecular weight excluding hydrogens is 305 g/mol. The fourth-order valence-corrected chi connectivity index (χ4v) is 3.56. The summed E-state index contributed by atoms with van der Waals surface area (Å²) in [7, 11) is -3.74. The molecule has 0 atom stereocenters. The van der Waals surface area contributed by atoms with E-state index in [2.05, 4.69) is 4.72 Å². The molecule has 2 aromatic rings. The van der Waals surface area contributed by atoms with Crippen molar-refractivity contribution >= 4 is 15.7 Å². The third-order valence-electron chi connectivity index (χ3n) is 3.60. The average Bonchev–Trinajstić information content (AvgIpc) is 2.49. The zero-order valence-corrected chi connectivity index (χ0v) is 12.9. The zero-order valence-electron chi connectivity index (χ0n) is 12.1. The van der Waals surface area contributed by atoms with Crippen molar-refractivity contribution in [1.82, 2.24) is 0 Å². The number of aryl methyl sites for hydroxylation is 2. The van der Waals surface area contributed by atoms with Gasteiger partial charge in [-0.3, -0.25) is 4.72 Å². The van der Waals surface area contributed by atoms with Crippen molar-refractivity contribution in [2.24, 2.45) is 0 Å². The molecule has 0 bridgehead atoms. The first-order valence-electron chi connectivity index (χ1n) is 7.00. The summed E-state index contributed by atoms with van der Waals surface area (Å²) in [5, 5.41) is 0. The number of fused-ring (bicyclic) bond motifs is 1. The summed E-state index contributed by atoms with van der Waals surface area (Å²) in [6.07, 6.45) is 1.78. The molecule has 0 fully saturated rings.